The third kappa shape index (κ3) is 5.13. The summed E-state index contributed by atoms with van der Waals surface area (Å²) in [7, 11) is 0. The van der Waals surface area contributed by atoms with E-state index in [0.29, 0.717) is 17.9 Å². The van der Waals surface area contributed by atoms with Gasteiger partial charge >= 0.3 is 0 Å². The Morgan fingerprint density at radius 3 is 2.21 bits per heavy atom. The van der Waals surface area contributed by atoms with E-state index in [-0.39, 0.29) is 23.3 Å². The number of thioether (sulfide) groups is 1. The highest BCUT2D eigenvalue weighted by Gasteiger charge is 2.51. The molecule has 4 fully saturated rings. The maximum atomic E-state index is 12.9. The zero-order valence-electron chi connectivity index (χ0n) is 19.4. The summed E-state index contributed by atoms with van der Waals surface area (Å²) in [5.74, 6) is 3.05. The third-order valence-electron chi connectivity index (χ3n) is 7.87. The normalized spacial score (nSPS) is 28.3. The van der Waals surface area contributed by atoms with Crippen molar-refractivity contribution in [3.05, 3.63) is 65.7 Å². The van der Waals surface area contributed by atoms with Gasteiger partial charge in [-0.1, -0.05) is 49.4 Å². The SMILES string of the molecule is CC(CNC(=O)c1ccccc1SCC(=O)NC12CC3CC(CC(C3)C1)C2)c1ccccc1. The van der Waals surface area contributed by atoms with Crippen LogP contribution in [-0.2, 0) is 4.79 Å². The second kappa shape index (κ2) is 9.54. The highest BCUT2D eigenvalue weighted by molar-refractivity contribution is 8.00. The fourth-order valence-electron chi connectivity index (χ4n) is 6.76. The minimum atomic E-state index is -0.0811. The van der Waals surface area contributed by atoms with Crippen LogP contribution in [-0.4, -0.2) is 29.7 Å². The van der Waals surface area contributed by atoms with E-state index in [9.17, 15) is 9.59 Å². The summed E-state index contributed by atoms with van der Waals surface area (Å²) in [5.41, 5.74) is 1.89. The summed E-state index contributed by atoms with van der Waals surface area (Å²) in [6.45, 7) is 2.69. The highest BCUT2D eigenvalue weighted by Crippen LogP contribution is 2.55. The zero-order chi connectivity index (χ0) is 22.8. The summed E-state index contributed by atoms with van der Waals surface area (Å²) in [5, 5.41) is 6.52. The fourth-order valence-corrected chi connectivity index (χ4v) is 7.61. The van der Waals surface area contributed by atoms with E-state index in [1.807, 2.05) is 42.5 Å². The fraction of sp³-hybridized carbons (Fsp3) is 0.500. The van der Waals surface area contributed by atoms with Crippen molar-refractivity contribution in [3.8, 4) is 0 Å². The summed E-state index contributed by atoms with van der Waals surface area (Å²) in [6.07, 6.45) is 7.59. The standard InChI is InChI=1S/C28H34N2O2S/c1-19(23-7-3-2-4-8-23)17-29-27(32)24-9-5-6-10-25(24)33-18-26(31)30-28-14-20-11-21(15-28)13-22(12-20)16-28/h2-10,19-22H,11-18H2,1H3,(H,29,32)(H,30,31). The molecule has 4 aliphatic carbocycles. The van der Waals surface area contributed by atoms with Gasteiger partial charge < -0.3 is 10.6 Å². The topological polar surface area (TPSA) is 58.2 Å². The summed E-state index contributed by atoms with van der Waals surface area (Å²) >= 11 is 1.47. The minimum absolute atomic E-state index is 0.0386. The summed E-state index contributed by atoms with van der Waals surface area (Å²) in [4.78, 5) is 26.7. The van der Waals surface area contributed by atoms with Crippen molar-refractivity contribution in [1.29, 1.82) is 0 Å². The van der Waals surface area contributed by atoms with E-state index in [4.69, 9.17) is 0 Å². The van der Waals surface area contributed by atoms with Crippen LogP contribution in [0, 0.1) is 17.8 Å². The number of carbonyl (C=O) groups is 2. The number of hydrogen-bond acceptors (Lipinski definition) is 3. The van der Waals surface area contributed by atoms with Gasteiger partial charge in [-0.05, 0) is 79.9 Å². The number of carbonyl (C=O) groups excluding carboxylic acids is 2. The lowest BCUT2D eigenvalue weighted by atomic mass is 9.53. The van der Waals surface area contributed by atoms with Crippen LogP contribution in [0.25, 0.3) is 0 Å². The second-order valence-corrected chi connectivity index (χ2v) is 11.6. The largest absolute Gasteiger partial charge is 0.351 e. The van der Waals surface area contributed by atoms with Gasteiger partial charge in [0.05, 0.1) is 11.3 Å². The van der Waals surface area contributed by atoms with E-state index in [2.05, 4.69) is 29.7 Å². The number of rotatable bonds is 8. The van der Waals surface area contributed by atoms with E-state index in [1.165, 1.54) is 36.6 Å². The first-order valence-corrected chi connectivity index (χ1v) is 13.3. The van der Waals surface area contributed by atoms with Crippen molar-refractivity contribution in [2.45, 2.75) is 61.8 Å². The predicted octanol–water partition coefficient (Wildman–Crippen LogP) is 5.40. The smallest absolute Gasteiger partial charge is 0.252 e. The highest BCUT2D eigenvalue weighted by atomic mass is 32.2. The first-order chi connectivity index (χ1) is 16.0. The molecule has 4 nitrogen and oxygen atoms in total. The Hall–Kier alpha value is -2.27. The maximum Gasteiger partial charge on any atom is 0.252 e. The molecular weight excluding hydrogens is 428 g/mol. The van der Waals surface area contributed by atoms with Crippen LogP contribution in [0.15, 0.2) is 59.5 Å². The van der Waals surface area contributed by atoms with Gasteiger partial charge in [-0.2, -0.15) is 0 Å². The summed E-state index contributed by atoms with van der Waals surface area (Å²) < 4.78 is 0. The molecule has 0 spiro atoms. The molecule has 0 radical (unpaired) electrons. The molecule has 0 saturated heterocycles. The molecule has 2 aromatic rings. The van der Waals surface area contributed by atoms with Crippen molar-refractivity contribution in [1.82, 2.24) is 10.6 Å². The molecule has 1 unspecified atom stereocenters. The molecule has 174 valence electrons. The van der Waals surface area contributed by atoms with Crippen LogP contribution < -0.4 is 10.6 Å². The van der Waals surface area contributed by atoms with Crippen LogP contribution >= 0.6 is 11.8 Å². The zero-order valence-corrected chi connectivity index (χ0v) is 20.2. The lowest BCUT2D eigenvalue weighted by Crippen LogP contribution is -2.60. The first-order valence-electron chi connectivity index (χ1n) is 12.4. The molecule has 2 amide bonds. The molecule has 6 rings (SSSR count). The molecule has 2 N–H and O–H groups in total. The predicted molar refractivity (Wildman–Crippen MR) is 133 cm³/mol. The Kier molecular flexibility index (Phi) is 6.51. The maximum absolute atomic E-state index is 12.9. The number of hydrogen-bond donors (Lipinski definition) is 2. The van der Waals surface area contributed by atoms with Crippen molar-refractivity contribution in [3.63, 3.8) is 0 Å². The minimum Gasteiger partial charge on any atom is -0.351 e. The van der Waals surface area contributed by atoms with Gasteiger partial charge in [-0.15, -0.1) is 11.8 Å². The van der Waals surface area contributed by atoms with Gasteiger partial charge in [0.1, 0.15) is 0 Å². The van der Waals surface area contributed by atoms with Crippen molar-refractivity contribution in [2.75, 3.05) is 12.3 Å². The van der Waals surface area contributed by atoms with Crippen LogP contribution in [0.1, 0.15) is 67.3 Å². The lowest BCUT2D eigenvalue weighted by Gasteiger charge is -2.56. The molecule has 0 aromatic heterocycles. The Morgan fingerprint density at radius 1 is 0.939 bits per heavy atom. The van der Waals surface area contributed by atoms with Crippen LogP contribution in [0.3, 0.4) is 0 Å². The van der Waals surface area contributed by atoms with E-state index >= 15 is 0 Å². The third-order valence-corrected chi connectivity index (χ3v) is 8.94. The quantitative estimate of drug-likeness (QED) is 0.517. The average Bonchev–Trinajstić information content (AvgIpc) is 2.80. The van der Waals surface area contributed by atoms with Gasteiger partial charge in [0.15, 0.2) is 0 Å². The Labute approximate surface area is 201 Å². The van der Waals surface area contributed by atoms with Crippen molar-refractivity contribution < 1.29 is 9.59 Å². The molecule has 0 aliphatic heterocycles. The van der Waals surface area contributed by atoms with Gasteiger partial charge in [0, 0.05) is 17.0 Å². The molecule has 33 heavy (non-hydrogen) atoms. The molecule has 4 saturated carbocycles. The van der Waals surface area contributed by atoms with Gasteiger partial charge in [0.2, 0.25) is 5.91 Å². The number of amides is 2. The Bertz CT molecular complexity index is 971. The average molecular weight is 463 g/mol. The van der Waals surface area contributed by atoms with Gasteiger partial charge in [0.25, 0.3) is 5.91 Å². The van der Waals surface area contributed by atoms with Crippen LogP contribution in [0.4, 0.5) is 0 Å². The second-order valence-electron chi connectivity index (χ2n) is 10.6. The lowest BCUT2D eigenvalue weighted by molar-refractivity contribution is -0.124. The number of benzene rings is 2. The van der Waals surface area contributed by atoms with Gasteiger partial charge in [-0.25, -0.2) is 0 Å². The molecule has 4 bridgehead atoms. The molecule has 0 heterocycles. The summed E-state index contributed by atoms with van der Waals surface area (Å²) in [6, 6.07) is 17.8. The van der Waals surface area contributed by atoms with E-state index < -0.39 is 0 Å². The Balaban J connectivity index is 1.16. The van der Waals surface area contributed by atoms with Crippen LogP contribution in [0.5, 0.6) is 0 Å². The first kappa shape index (κ1) is 22.5. The molecular formula is C28H34N2O2S. The van der Waals surface area contributed by atoms with Crippen molar-refractivity contribution >= 4 is 23.6 Å². The molecule has 5 heteroatoms. The molecule has 4 aliphatic rings. The van der Waals surface area contributed by atoms with E-state index in [0.717, 1.165) is 41.9 Å². The monoisotopic (exact) mass is 462 g/mol. The van der Waals surface area contributed by atoms with Gasteiger partial charge in [-0.3, -0.25) is 9.59 Å². The molecule has 2 aromatic carbocycles. The van der Waals surface area contributed by atoms with Crippen molar-refractivity contribution in [2.24, 2.45) is 17.8 Å². The van der Waals surface area contributed by atoms with Crippen LogP contribution in [0.2, 0.25) is 0 Å². The van der Waals surface area contributed by atoms with E-state index in [1.54, 1.807) is 0 Å². The Morgan fingerprint density at radius 2 is 1.55 bits per heavy atom. The number of nitrogens with one attached hydrogen (secondary N) is 2. The molecule has 1 atom stereocenters.